The molecule has 82 valence electrons. The van der Waals surface area contributed by atoms with Crippen molar-refractivity contribution in [3.63, 3.8) is 0 Å². The van der Waals surface area contributed by atoms with Gasteiger partial charge in [-0.05, 0) is 12.1 Å². The average Bonchev–Trinajstić information content (AvgIpc) is 2.60. The monoisotopic (exact) mass is 219 g/mol. The Morgan fingerprint density at radius 2 is 2.19 bits per heavy atom. The van der Waals surface area contributed by atoms with E-state index in [1.165, 1.54) is 6.07 Å². The van der Waals surface area contributed by atoms with Crippen LogP contribution in [0.4, 0.5) is 5.69 Å². The Bertz CT molecular complexity index is 574. The van der Waals surface area contributed by atoms with Crippen molar-refractivity contribution in [1.29, 1.82) is 0 Å². The lowest BCUT2D eigenvalue weighted by molar-refractivity contribution is -0.383. The Morgan fingerprint density at radius 3 is 2.81 bits per heavy atom. The quantitative estimate of drug-likeness (QED) is 0.617. The topological polar surface area (TPSA) is 91.2 Å². The lowest BCUT2D eigenvalue weighted by Crippen LogP contribution is -2.17. The predicted octanol–water partition coefficient (Wildman–Crippen LogP) is 1.03. The van der Waals surface area contributed by atoms with Gasteiger partial charge in [0.05, 0.1) is 15.8 Å². The molecule has 0 aliphatic heterocycles. The Kier molecular flexibility index (Phi) is 2.32. The second-order valence-electron chi connectivity index (χ2n) is 3.38. The van der Waals surface area contributed by atoms with Crippen LogP contribution in [0.3, 0.4) is 0 Å². The van der Waals surface area contributed by atoms with Crippen molar-refractivity contribution < 1.29 is 9.72 Å². The van der Waals surface area contributed by atoms with E-state index < -0.39 is 10.8 Å². The third kappa shape index (κ3) is 1.60. The number of fused-ring (bicyclic) bond motifs is 1. The zero-order chi connectivity index (χ0) is 11.7. The molecule has 0 unspecified atom stereocenters. The van der Waals surface area contributed by atoms with E-state index in [1.807, 2.05) is 0 Å². The number of carbonyl (C=O) groups excluding carboxylic acids is 1. The van der Waals surface area contributed by atoms with Crippen LogP contribution in [0.25, 0.3) is 10.9 Å². The van der Waals surface area contributed by atoms with Crippen LogP contribution in [0, 0.1) is 10.1 Å². The van der Waals surface area contributed by atoms with Gasteiger partial charge in [0.2, 0.25) is 5.91 Å². The predicted molar refractivity (Wildman–Crippen MR) is 57.8 cm³/mol. The Labute approximate surface area is 90.4 Å². The number of nitro benzene ring substituents is 1. The molecular formula is C10H9N3O3. The number of primary amides is 1. The summed E-state index contributed by atoms with van der Waals surface area (Å²) < 4.78 is 1.59. The van der Waals surface area contributed by atoms with E-state index in [0.717, 1.165) is 0 Å². The number of rotatable bonds is 3. The number of nitrogens with two attached hydrogens (primary N) is 1. The first kappa shape index (κ1) is 10.2. The van der Waals surface area contributed by atoms with Crippen LogP contribution in [0.15, 0.2) is 30.5 Å². The second kappa shape index (κ2) is 3.65. The maximum absolute atomic E-state index is 10.8. The Balaban J connectivity index is 2.61. The highest BCUT2D eigenvalue weighted by atomic mass is 16.6. The maximum Gasteiger partial charge on any atom is 0.278 e. The SMILES string of the molecule is NC(=O)Cn1ccc2c([N+](=O)[O-])cccc21. The number of carbonyl (C=O) groups is 1. The molecule has 1 aromatic heterocycles. The molecule has 1 heterocycles. The number of hydrogen-bond donors (Lipinski definition) is 1. The lowest BCUT2D eigenvalue weighted by atomic mass is 10.2. The minimum absolute atomic E-state index is 0.0185. The fourth-order valence-corrected chi connectivity index (χ4v) is 1.67. The molecule has 16 heavy (non-hydrogen) atoms. The van der Waals surface area contributed by atoms with Gasteiger partial charge in [-0.15, -0.1) is 0 Å². The highest BCUT2D eigenvalue weighted by molar-refractivity contribution is 5.90. The van der Waals surface area contributed by atoms with E-state index in [2.05, 4.69) is 0 Å². The minimum Gasteiger partial charge on any atom is -0.368 e. The first-order valence-corrected chi connectivity index (χ1v) is 4.60. The van der Waals surface area contributed by atoms with Crippen LogP contribution in [0.5, 0.6) is 0 Å². The molecule has 6 heteroatoms. The average molecular weight is 219 g/mol. The molecule has 6 nitrogen and oxygen atoms in total. The number of nitrogens with zero attached hydrogens (tertiary/aromatic N) is 2. The van der Waals surface area contributed by atoms with Gasteiger partial charge in [-0.3, -0.25) is 14.9 Å². The van der Waals surface area contributed by atoms with E-state index in [1.54, 1.807) is 29.0 Å². The van der Waals surface area contributed by atoms with Crippen molar-refractivity contribution in [1.82, 2.24) is 4.57 Å². The van der Waals surface area contributed by atoms with Crippen LogP contribution < -0.4 is 5.73 Å². The van der Waals surface area contributed by atoms with Crippen molar-refractivity contribution in [3.8, 4) is 0 Å². The molecule has 0 saturated heterocycles. The summed E-state index contributed by atoms with van der Waals surface area (Å²) in [5.74, 6) is -0.482. The summed E-state index contributed by atoms with van der Waals surface area (Å²) in [6, 6.07) is 6.33. The number of amides is 1. The summed E-state index contributed by atoms with van der Waals surface area (Å²) in [4.78, 5) is 21.1. The molecule has 0 bridgehead atoms. The summed E-state index contributed by atoms with van der Waals surface area (Å²) in [5.41, 5.74) is 5.74. The fraction of sp³-hybridized carbons (Fsp3) is 0.100. The largest absolute Gasteiger partial charge is 0.368 e. The summed E-state index contributed by atoms with van der Waals surface area (Å²) >= 11 is 0. The number of non-ortho nitro benzene ring substituents is 1. The minimum atomic E-state index is -0.482. The highest BCUT2D eigenvalue weighted by Crippen LogP contribution is 2.25. The van der Waals surface area contributed by atoms with Crippen molar-refractivity contribution in [2.24, 2.45) is 5.73 Å². The summed E-state index contributed by atoms with van der Waals surface area (Å²) in [5, 5.41) is 11.3. The first-order valence-electron chi connectivity index (χ1n) is 4.60. The van der Waals surface area contributed by atoms with E-state index in [-0.39, 0.29) is 12.2 Å². The fourth-order valence-electron chi connectivity index (χ4n) is 1.67. The molecule has 0 radical (unpaired) electrons. The van der Waals surface area contributed by atoms with Gasteiger partial charge in [-0.2, -0.15) is 0 Å². The third-order valence-corrected chi connectivity index (χ3v) is 2.31. The van der Waals surface area contributed by atoms with Gasteiger partial charge in [0.1, 0.15) is 6.54 Å². The van der Waals surface area contributed by atoms with Crippen LogP contribution in [0.2, 0.25) is 0 Å². The highest BCUT2D eigenvalue weighted by Gasteiger charge is 2.13. The first-order chi connectivity index (χ1) is 7.59. The summed E-state index contributed by atoms with van der Waals surface area (Å²) in [7, 11) is 0. The molecule has 1 aromatic carbocycles. The van der Waals surface area contributed by atoms with Gasteiger partial charge in [-0.25, -0.2) is 0 Å². The lowest BCUT2D eigenvalue weighted by Gasteiger charge is -2.01. The van der Waals surface area contributed by atoms with Gasteiger partial charge < -0.3 is 10.3 Å². The van der Waals surface area contributed by atoms with Crippen molar-refractivity contribution in [3.05, 3.63) is 40.6 Å². The molecule has 2 rings (SSSR count). The van der Waals surface area contributed by atoms with Gasteiger partial charge in [-0.1, -0.05) is 6.07 Å². The van der Waals surface area contributed by atoms with E-state index >= 15 is 0 Å². The molecule has 0 spiro atoms. The van der Waals surface area contributed by atoms with Crippen LogP contribution in [-0.2, 0) is 11.3 Å². The van der Waals surface area contributed by atoms with Gasteiger partial charge in [0.25, 0.3) is 5.69 Å². The van der Waals surface area contributed by atoms with Crippen LogP contribution in [-0.4, -0.2) is 15.4 Å². The van der Waals surface area contributed by atoms with E-state index in [0.29, 0.717) is 10.9 Å². The molecule has 1 amide bonds. The van der Waals surface area contributed by atoms with Crippen molar-refractivity contribution >= 4 is 22.5 Å². The van der Waals surface area contributed by atoms with E-state index in [4.69, 9.17) is 5.73 Å². The van der Waals surface area contributed by atoms with Gasteiger partial charge in [0.15, 0.2) is 0 Å². The molecule has 0 saturated carbocycles. The van der Waals surface area contributed by atoms with Crippen LogP contribution >= 0.6 is 0 Å². The van der Waals surface area contributed by atoms with Crippen molar-refractivity contribution in [2.75, 3.05) is 0 Å². The number of benzene rings is 1. The van der Waals surface area contributed by atoms with Crippen LogP contribution in [0.1, 0.15) is 0 Å². The van der Waals surface area contributed by atoms with Gasteiger partial charge >= 0.3 is 0 Å². The van der Waals surface area contributed by atoms with E-state index in [9.17, 15) is 14.9 Å². The molecular weight excluding hydrogens is 210 g/mol. The second-order valence-corrected chi connectivity index (χ2v) is 3.38. The molecule has 0 atom stereocenters. The smallest absolute Gasteiger partial charge is 0.278 e. The summed E-state index contributed by atoms with van der Waals surface area (Å²) in [6.07, 6.45) is 1.61. The zero-order valence-electron chi connectivity index (χ0n) is 8.29. The number of nitro groups is 1. The third-order valence-electron chi connectivity index (χ3n) is 2.31. The van der Waals surface area contributed by atoms with Crippen molar-refractivity contribution in [2.45, 2.75) is 6.54 Å². The Morgan fingerprint density at radius 1 is 1.44 bits per heavy atom. The molecule has 2 aromatic rings. The summed E-state index contributed by atoms with van der Waals surface area (Å²) in [6.45, 7) is 0.0185. The molecule has 0 aliphatic carbocycles. The Hall–Kier alpha value is -2.37. The maximum atomic E-state index is 10.8. The van der Waals surface area contributed by atoms with Gasteiger partial charge in [0, 0.05) is 12.3 Å². The number of aromatic nitrogens is 1. The normalized spacial score (nSPS) is 10.5. The zero-order valence-corrected chi connectivity index (χ0v) is 8.29. The number of hydrogen-bond acceptors (Lipinski definition) is 3. The standard InChI is InChI=1S/C10H9N3O3/c11-10(14)6-12-5-4-7-8(12)2-1-3-9(7)13(15)16/h1-5H,6H2,(H2,11,14). The molecule has 0 fully saturated rings. The molecule has 2 N–H and O–H groups in total. The molecule has 0 aliphatic rings.